The lowest BCUT2D eigenvalue weighted by molar-refractivity contribution is 0.840. The number of aromatic nitrogens is 2. The normalized spacial score (nSPS) is 9.92. The lowest BCUT2D eigenvalue weighted by Crippen LogP contribution is -2.03. The second-order valence-electron chi connectivity index (χ2n) is 2.60. The van der Waals surface area contributed by atoms with Crippen LogP contribution in [-0.2, 0) is 6.42 Å². The van der Waals surface area contributed by atoms with E-state index in [0.717, 1.165) is 6.42 Å². The van der Waals surface area contributed by atoms with E-state index in [4.69, 9.17) is 11.5 Å². The van der Waals surface area contributed by atoms with Crippen molar-refractivity contribution >= 4 is 17.3 Å². The van der Waals surface area contributed by atoms with Crippen LogP contribution in [0.25, 0.3) is 0 Å². The number of nitrogens with two attached hydrogens (primary N) is 2. The van der Waals surface area contributed by atoms with Crippen molar-refractivity contribution in [2.45, 2.75) is 19.8 Å². The van der Waals surface area contributed by atoms with Crippen LogP contribution >= 0.6 is 0 Å². The zero-order chi connectivity index (χ0) is 9.84. The Morgan fingerprint density at radius 3 is 2.23 bits per heavy atom. The Morgan fingerprint density at radius 2 is 1.85 bits per heavy atom. The van der Waals surface area contributed by atoms with Crippen LogP contribution in [-0.4, -0.2) is 9.97 Å². The Labute approximate surface area is 75.3 Å². The van der Waals surface area contributed by atoms with Gasteiger partial charge >= 0.3 is 0 Å². The van der Waals surface area contributed by atoms with Crippen molar-refractivity contribution in [2.24, 2.45) is 5.18 Å². The van der Waals surface area contributed by atoms with Crippen molar-refractivity contribution in [3.05, 3.63) is 10.7 Å². The monoisotopic (exact) mass is 181 g/mol. The molecule has 0 radical (unpaired) electrons. The van der Waals surface area contributed by atoms with E-state index in [1.807, 2.05) is 6.92 Å². The molecular formula is C7H11N5O. The summed E-state index contributed by atoms with van der Waals surface area (Å²) in [6.45, 7) is 1.99. The molecule has 0 atom stereocenters. The van der Waals surface area contributed by atoms with Crippen LogP contribution in [0, 0.1) is 4.91 Å². The molecule has 0 bridgehead atoms. The third kappa shape index (κ3) is 1.90. The van der Waals surface area contributed by atoms with E-state index in [9.17, 15) is 4.91 Å². The zero-order valence-electron chi connectivity index (χ0n) is 7.32. The van der Waals surface area contributed by atoms with E-state index >= 15 is 0 Å². The summed E-state index contributed by atoms with van der Waals surface area (Å²) in [5, 5.41) is 2.65. The second kappa shape index (κ2) is 3.79. The molecule has 0 unspecified atom stereocenters. The first-order chi connectivity index (χ1) is 6.19. The van der Waals surface area contributed by atoms with Crippen molar-refractivity contribution in [1.29, 1.82) is 0 Å². The molecule has 0 saturated heterocycles. The molecule has 0 amide bonds. The summed E-state index contributed by atoms with van der Waals surface area (Å²) in [6.07, 6.45) is 1.58. The lowest BCUT2D eigenvalue weighted by Gasteiger charge is -2.02. The number of rotatable bonds is 3. The topological polar surface area (TPSA) is 107 Å². The third-order valence-electron chi connectivity index (χ3n) is 1.55. The minimum atomic E-state index is -0.0696. The number of nitrogens with zero attached hydrogens (tertiary/aromatic N) is 3. The summed E-state index contributed by atoms with van der Waals surface area (Å²) in [7, 11) is 0. The van der Waals surface area contributed by atoms with E-state index in [1.165, 1.54) is 0 Å². The SMILES string of the molecule is CCCc1nc(N)c(N=O)c(N)n1. The van der Waals surface area contributed by atoms with Crippen LogP contribution in [0.5, 0.6) is 0 Å². The maximum Gasteiger partial charge on any atom is 0.192 e. The highest BCUT2D eigenvalue weighted by Crippen LogP contribution is 2.25. The fourth-order valence-electron chi connectivity index (χ4n) is 0.969. The van der Waals surface area contributed by atoms with E-state index < -0.39 is 0 Å². The first-order valence-electron chi connectivity index (χ1n) is 3.94. The maximum atomic E-state index is 10.2. The van der Waals surface area contributed by atoms with Crippen LogP contribution in [0.1, 0.15) is 19.2 Å². The number of nitrogen functional groups attached to an aromatic ring is 2. The number of aryl methyl sites for hydroxylation is 1. The van der Waals surface area contributed by atoms with Gasteiger partial charge in [0.05, 0.1) is 0 Å². The minimum absolute atomic E-state index is 0.0472. The Hall–Kier alpha value is -1.72. The highest BCUT2D eigenvalue weighted by atomic mass is 16.3. The van der Waals surface area contributed by atoms with E-state index in [1.54, 1.807) is 0 Å². The van der Waals surface area contributed by atoms with Crippen LogP contribution < -0.4 is 11.5 Å². The molecule has 70 valence electrons. The van der Waals surface area contributed by atoms with E-state index in [0.29, 0.717) is 12.2 Å². The van der Waals surface area contributed by atoms with Gasteiger partial charge in [-0.15, -0.1) is 4.91 Å². The summed E-state index contributed by atoms with van der Waals surface area (Å²) in [5.41, 5.74) is 10.8. The molecule has 13 heavy (non-hydrogen) atoms. The lowest BCUT2D eigenvalue weighted by atomic mass is 10.3. The molecule has 1 aromatic heterocycles. The van der Waals surface area contributed by atoms with Crippen LogP contribution in [0.15, 0.2) is 5.18 Å². The molecule has 6 nitrogen and oxygen atoms in total. The smallest absolute Gasteiger partial charge is 0.192 e. The molecule has 0 aliphatic carbocycles. The standard InChI is InChI=1S/C7H11N5O/c1-2-3-4-10-6(8)5(12-13)7(9)11-4/h2-3H2,1H3,(H4,8,9,10,11). The largest absolute Gasteiger partial charge is 0.382 e. The molecule has 6 heteroatoms. The molecule has 0 spiro atoms. The Balaban J connectivity index is 3.12. The maximum absolute atomic E-state index is 10.2. The van der Waals surface area contributed by atoms with Gasteiger partial charge in [-0.25, -0.2) is 9.97 Å². The molecule has 0 fully saturated rings. The van der Waals surface area contributed by atoms with Crippen LogP contribution in [0.3, 0.4) is 0 Å². The van der Waals surface area contributed by atoms with Gasteiger partial charge in [0, 0.05) is 6.42 Å². The fraction of sp³-hybridized carbons (Fsp3) is 0.429. The van der Waals surface area contributed by atoms with Gasteiger partial charge in [0.15, 0.2) is 17.3 Å². The van der Waals surface area contributed by atoms with Crippen molar-refractivity contribution < 1.29 is 0 Å². The molecule has 1 aromatic rings. The number of hydrogen-bond acceptors (Lipinski definition) is 6. The molecular weight excluding hydrogens is 170 g/mol. The molecule has 1 heterocycles. The van der Waals surface area contributed by atoms with Gasteiger partial charge in [0.25, 0.3) is 0 Å². The van der Waals surface area contributed by atoms with Gasteiger partial charge in [0.1, 0.15) is 5.82 Å². The number of hydrogen-bond donors (Lipinski definition) is 2. The average Bonchev–Trinajstić information content (AvgIpc) is 2.04. The van der Waals surface area contributed by atoms with Gasteiger partial charge in [-0.3, -0.25) is 0 Å². The predicted molar refractivity (Wildman–Crippen MR) is 50.3 cm³/mol. The van der Waals surface area contributed by atoms with Crippen molar-refractivity contribution in [2.75, 3.05) is 11.5 Å². The summed E-state index contributed by atoms with van der Waals surface area (Å²) in [5.74, 6) is 0.641. The van der Waals surface area contributed by atoms with E-state index in [-0.39, 0.29) is 17.3 Å². The molecule has 0 aliphatic rings. The summed E-state index contributed by atoms with van der Waals surface area (Å²) >= 11 is 0. The van der Waals surface area contributed by atoms with Gasteiger partial charge in [-0.1, -0.05) is 6.92 Å². The Bertz CT molecular complexity index is 302. The summed E-state index contributed by atoms with van der Waals surface area (Å²) < 4.78 is 0. The van der Waals surface area contributed by atoms with E-state index in [2.05, 4.69) is 15.1 Å². The molecule has 0 aromatic carbocycles. The zero-order valence-corrected chi connectivity index (χ0v) is 7.32. The third-order valence-corrected chi connectivity index (χ3v) is 1.55. The highest BCUT2D eigenvalue weighted by Gasteiger charge is 2.09. The number of nitroso groups, excluding NO2 is 1. The van der Waals surface area contributed by atoms with Crippen LogP contribution in [0.4, 0.5) is 17.3 Å². The van der Waals surface area contributed by atoms with Gasteiger partial charge in [-0.2, -0.15) is 0 Å². The van der Waals surface area contributed by atoms with Gasteiger partial charge < -0.3 is 11.5 Å². The van der Waals surface area contributed by atoms with Crippen molar-refractivity contribution in [3.8, 4) is 0 Å². The van der Waals surface area contributed by atoms with Crippen molar-refractivity contribution in [3.63, 3.8) is 0 Å². The molecule has 1 rings (SSSR count). The second-order valence-corrected chi connectivity index (χ2v) is 2.60. The molecule has 0 aliphatic heterocycles. The first kappa shape index (κ1) is 9.37. The Morgan fingerprint density at radius 1 is 1.31 bits per heavy atom. The predicted octanol–water partition coefficient (Wildman–Crippen LogP) is 0.991. The van der Waals surface area contributed by atoms with Crippen molar-refractivity contribution in [1.82, 2.24) is 9.97 Å². The number of anilines is 2. The minimum Gasteiger partial charge on any atom is -0.382 e. The summed E-state index contributed by atoms with van der Waals surface area (Å²) in [4.78, 5) is 18.0. The Kier molecular flexibility index (Phi) is 2.73. The van der Waals surface area contributed by atoms with Crippen LogP contribution in [0.2, 0.25) is 0 Å². The molecule has 0 saturated carbocycles. The highest BCUT2D eigenvalue weighted by molar-refractivity contribution is 5.69. The fourth-order valence-corrected chi connectivity index (χ4v) is 0.969. The van der Waals surface area contributed by atoms with Gasteiger partial charge in [-0.05, 0) is 11.6 Å². The summed E-state index contributed by atoms with van der Waals surface area (Å²) in [6, 6.07) is 0. The quantitative estimate of drug-likeness (QED) is 0.676. The molecule has 4 N–H and O–H groups in total. The first-order valence-corrected chi connectivity index (χ1v) is 3.94. The average molecular weight is 181 g/mol. The van der Waals surface area contributed by atoms with Gasteiger partial charge in [0.2, 0.25) is 0 Å².